The van der Waals surface area contributed by atoms with Crippen LogP contribution >= 0.6 is 36.6 Å². The highest BCUT2D eigenvalue weighted by Crippen LogP contribution is 2.05. The molecule has 0 bridgehead atoms. The smallest absolute Gasteiger partial charge is 0.130 e. The monoisotopic (exact) mass is 205 g/mol. The van der Waals surface area contributed by atoms with Gasteiger partial charge in [-0.15, -0.1) is 24.4 Å². The number of hydrogen-bond acceptors (Lipinski definition) is 2. The topological polar surface area (TPSA) is 12.0 Å². The second kappa shape index (κ2) is 8.17. The number of allylic oxidation sites excluding steroid dienone is 2. The molecule has 0 saturated carbocycles. The Bertz CT molecular complexity index is 151. The lowest BCUT2D eigenvalue weighted by molar-refractivity contribution is 1.23. The molecular formula is C7H11NS3. The van der Waals surface area contributed by atoms with Crippen LogP contribution in [0.5, 0.6) is 0 Å². The van der Waals surface area contributed by atoms with Crippen LogP contribution in [0.1, 0.15) is 0 Å². The zero-order valence-electron chi connectivity index (χ0n) is 6.28. The van der Waals surface area contributed by atoms with Gasteiger partial charge in [0, 0.05) is 12.8 Å². The summed E-state index contributed by atoms with van der Waals surface area (Å²) in [5, 5.41) is 4.72. The van der Waals surface area contributed by atoms with E-state index in [0.29, 0.717) is 4.32 Å². The molecule has 0 aromatic heterocycles. The van der Waals surface area contributed by atoms with Crippen molar-refractivity contribution in [1.82, 2.24) is 5.32 Å². The predicted molar refractivity (Wildman–Crippen MR) is 61.4 cm³/mol. The summed E-state index contributed by atoms with van der Waals surface area (Å²) >= 11 is 10.00. The van der Waals surface area contributed by atoms with Gasteiger partial charge in [-0.1, -0.05) is 30.4 Å². The van der Waals surface area contributed by atoms with Gasteiger partial charge in [-0.2, -0.15) is 0 Å². The van der Waals surface area contributed by atoms with Gasteiger partial charge in [0.05, 0.1) is 0 Å². The summed E-state index contributed by atoms with van der Waals surface area (Å²) in [6.07, 6.45) is 6.26. The normalized spacial score (nSPS) is 13.3. The molecule has 0 radical (unpaired) electrons. The first-order chi connectivity index (χ1) is 5.27. The number of thiocarbonyl (C=S) groups is 1. The molecule has 1 aliphatic rings. The molecule has 0 saturated heterocycles. The molecule has 1 heterocycles. The van der Waals surface area contributed by atoms with Gasteiger partial charge < -0.3 is 5.32 Å². The zero-order chi connectivity index (χ0) is 8.53. The molecule has 0 fully saturated rings. The largest absolute Gasteiger partial charge is 0.374 e. The van der Waals surface area contributed by atoms with E-state index in [0.717, 1.165) is 5.75 Å². The summed E-state index contributed by atoms with van der Waals surface area (Å²) in [5.41, 5.74) is 0. The molecule has 0 unspecified atom stereocenters. The van der Waals surface area contributed by atoms with Crippen molar-refractivity contribution >= 4 is 40.9 Å². The minimum absolute atomic E-state index is 0.532. The van der Waals surface area contributed by atoms with Crippen LogP contribution in [0.3, 0.4) is 0 Å². The van der Waals surface area contributed by atoms with Gasteiger partial charge in [0.1, 0.15) is 4.32 Å². The van der Waals surface area contributed by atoms with Crippen LogP contribution in [0, 0.1) is 0 Å². The molecule has 0 amide bonds. The van der Waals surface area contributed by atoms with E-state index in [2.05, 4.69) is 47.7 Å². The van der Waals surface area contributed by atoms with Crippen LogP contribution in [-0.4, -0.2) is 17.1 Å². The lowest BCUT2D eigenvalue weighted by Gasteiger charge is -1.88. The molecule has 0 atom stereocenters. The Hall–Kier alpha value is 0.0700. The highest BCUT2D eigenvalue weighted by atomic mass is 32.2. The minimum atomic E-state index is 0.532. The standard InChI is InChI=1S/C5H6S.C2H5NS2/c1-2-4-6-5-3-1;1-3-2(4)5/h1-4H,5H2;1H3,(H2,3,4,5). The molecule has 4 heteroatoms. The molecular weight excluding hydrogens is 194 g/mol. The van der Waals surface area contributed by atoms with E-state index in [1.807, 2.05) is 17.8 Å². The average molecular weight is 205 g/mol. The molecule has 0 spiro atoms. The van der Waals surface area contributed by atoms with Crippen LogP contribution < -0.4 is 5.32 Å². The van der Waals surface area contributed by atoms with Gasteiger partial charge >= 0.3 is 0 Å². The highest BCUT2D eigenvalue weighted by Gasteiger charge is 1.77. The molecule has 1 aliphatic heterocycles. The first-order valence-corrected chi connectivity index (χ1v) is 5.01. The van der Waals surface area contributed by atoms with Crippen LogP contribution in [0.25, 0.3) is 0 Å². The van der Waals surface area contributed by atoms with E-state index in [1.165, 1.54) is 0 Å². The number of hydrogen-bond donors (Lipinski definition) is 2. The van der Waals surface area contributed by atoms with Crippen molar-refractivity contribution in [2.24, 2.45) is 0 Å². The lowest BCUT2D eigenvalue weighted by Crippen LogP contribution is -2.06. The maximum atomic E-state index is 4.45. The maximum Gasteiger partial charge on any atom is 0.130 e. The van der Waals surface area contributed by atoms with Crippen LogP contribution in [0.15, 0.2) is 23.6 Å². The van der Waals surface area contributed by atoms with E-state index in [9.17, 15) is 0 Å². The Morgan fingerprint density at radius 1 is 1.64 bits per heavy atom. The van der Waals surface area contributed by atoms with Crippen molar-refractivity contribution < 1.29 is 0 Å². The second-order valence-electron chi connectivity index (χ2n) is 1.65. The highest BCUT2D eigenvalue weighted by molar-refractivity contribution is 8.11. The van der Waals surface area contributed by atoms with Crippen molar-refractivity contribution in [3.8, 4) is 0 Å². The van der Waals surface area contributed by atoms with Gasteiger partial charge in [-0.3, -0.25) is 0 Å². The third kappa shape index (κ3) is 10.1. The third-order valence-corrected chi connectivity index (χ3v) is 1.99. The fourth-order valence-electron chi connectivity index (χ4n) is 0.346. The molecule has 62 valence electrons. The predicted octanol–water partition coefficient (Wildman–Crippen LogP) is 2.22. The Balaban J connectivity index is 0.000000187. The zero-order valence-corrected chi connectivity index (χ0v) is 8.81. The van der Waals surface area contributed by atoms with Crippen molar-refractivity contribution in [1.29, 1.82) is 0 Å². The van der Waals surface area contributed by atoms with Crippen molar-refractivity contribution in [2.75, 3.05) is 12.8 Å². The summed E-state index contributed by atoms with van der Waals surface area (Å²) in [4.78, 5) is 0. The average Bonchev–Trinajstić information content (AvgIpc) is 2.09. The molecule has 0 aliphatic carbocycles. The summed E-state index contributed by atoms with van der Waals surface area (Å²) in [5.74, 6) is 1.15. The third-order valence-electron chi connectivity index (χ3n) is 0.828. The summed E-state index contributed by atoms with van der Waals surface area (Å²) in [6, 6.07) is 0. The fourth-order valence-corrected chi connectivity index (χ4v) is 0.881. The fraction of sp³-hybridized carbons (Fsp3) is 0.286. The van der Waals surface area contributed by atoms with E-state index in [-0.39, 0.29) is 0 Å². The summed E-state index contributed by atoms with van der Waals surface area (Å²) in [6.45, 7) is 0. The van der Waals surface area contributed by atoms with Crippen molar-refractivity contribution in [3.05, 3.63) is 23.6 Å². The Kier molecular flexibility index (Phi) is 8.22. The van der Waals surface area contributed by atoms with E-state index < -0.39 is 0 Å². The van der Waals surface area contributed by atoms with E-state index in [4.69, 9.17) is 0 Å². The summed E-state index contributed by atoms with van der Waals surface area (Å²) < 4.78 is 0.532. The Labute approximate surface area is 82.7 Å². The SMILES string of the molecule is C1=CCSC=C1.CNC(=S)S. The van der Waals surface area contributed by atoms with Gasteiger partial charge in [0.2, 0.25) is 0 Å². The molecule has 1 N–H and O–H groups in total. The van der Waals surface area contributed by atoms with E-state index in [1.54, 1.807) is 7.05 Å². The van der Waals surface area contributed by atoms with Crippen molar-refractivity contribution in [3.63, 3.8) is 0 Å². The van der Waals surface area contributed by atoms with E-state index >= 15 is 0 Å². The second-order valence-corrected chi connectivity index (χ2v) is 3.74. The molecule has 11 heavy (non-hydrogen) atoms. The van der Waals surface area contributed by atoms with Crippen LogP contribution in [0.4, 0.5) is 0 Å². The number of rotatable bonds is 0. The van der Waals surface area contributed by atoms with Crippen LogP contribution in [-0.2, 0) is 0 Å². The molecule has 1 nitrogen and oxygen atoms in total. The first-order valence-electron chi connectivity index (χ1n) is 3.11. The Morgan fingerprint density at radius 3 is 2.36 bits per heavy atom. The lowest BCUT2D eigenvalue weighted by atomic mass is 10.5. The number of thiol groups is 1. The Morgan fingerprint density at radius 2 is 2.27 bits per heavy atom. The van der Waals surface area contributed by atoms with Gasteiger partial charge in [-0.05, 0) is 5.41 Å². The number of thioether (sulfide) groups is 1. The van der Waals surface area contributed by atoms with Gasteiger partial charge in [-0.25, -0.2) is 0 Å². The molecule has 0 aromatic rings. The van der Waals surface area contributed by atoms with Crippen molar-refractivity contribution in [2.45, 2.75) is 0 Å². The minimum Gasteiger partial charge on any atom is -0.374 e. The van der Waals surface area contributed by atoms with Gasteiger partial charge in [0.25, 0.3) is 0 Å². The van der Waals surface area contributed by atoms with Gasteiger partial charge in [0.15, 0.2) is 0 Å². The molecule has 0 aromatic carbocycles. The number of nitrogens with one attached hydrogen (secondary N) is 1. The maximum absolute atomic E-state index is 4.45. The summed E-state index contributed by atoms with van der Waals surface area (Å²) in [7, 11) is 1.73. The van der Waals surface area contributed by atoms with Crippen LogP contribution in [0.2, 0.25) is 0 Å². The first kappa shape index (κ1) is 11.1. The molecule has 1 rings (SSSR count). The quantitative estimate of drug-likeness (QED) is 0.465.